The molecule has 1 N–H and O–H groups in total. The second-order valence-corrected chi connectivity index (χ2v) is 7.50. The molecular weight excluding hydrogens is 371 g/mol. The van der Waals surface area contributed by atoms with Crippen molar-refractivity contribution in [1.29, 1.82) is 0 Å². The third kappa shape index (κ3) is 4.71. The number of likely N-dealkylation sites (tertiary alicyclic amines) is 1. The molecule has 2 heterocycles. The van der Waals surface area contributed by atoms with E-state index in [-0.39, 0.29) is 11.7 Å². The number of halogens is 1. The first kappa shape index (κ1) is 19.3. The van der Waals surface area contributed by atoms with Crippen LogP contribution in [0.25, 0.3) is 0 Å². The number of carboxylic acid groups (broad SMARTS) is 1. The molecule has 5 nitrogen and oxygen atoms in total. The number of carboxylic acids is 1. The molecule has 1 aliphatic rings. The number of hydrogen-bond acceptors (Lipinski definition) is 4. The van der Waals surface area contributed by atoms with E-state index in [2.05, 4.69) is 9.88 Å². The zero-order chi connectivity index (χ0) is 20.2. The molecule has 1 aliphatic heterocycles. The summed E-state index contributed by atoms with van der Waals surface area (Å²) in [7, 11) is 0. The van der Waals surface area contributed by atoms with Crippen LogP contribution in [0, 0.1) is 5.82 Å². The quantitative estimate of drug-likeness (QED) is 0.668. The number of piperidine rings is 1. The third-order valence-corrected chi connectivity index (χ3v) is 5.36. The molecule has 2 aromatic carbocycles. The van der Waals surface area contributed by atoms with Gasteiger partial charge in [0.1, 0.15) is 11.6 Å². The first-order valence-corrected chi connectivity index (χ1v) is 9.81. The average molecular weight is 394 g/mol. The van der Waals surface area contributed by atoms with E-state index in [0.29, 0.717) is 18.5 Å². The summed E-state index contributed by atoms with van der Waals surface area (Å²) in [4.78, 5) is 18.2. The minimum absolute atomic E-state index is 0.183. The fraction of sp³-hybridized carbons (Fsp3) is 0.304. The van der Waals surface area contributed by atoms with E-state index in [0.717, 1.165) is 48.7 Å². The van der Waals surface area contributed by atoms with E-state index in [1.54, 1.807) is 30.5 Å². The fourth-order valence-electron chi connectivity index (χ4n) is 3.90. The van der Waals surface area contributed by atoms with Crippen molar-refractivity contribution in [3.8, 4) is 0 Å². The van der Waals surface area contributed by atoms with Gasteiger partial charge in [0.2, 0.25) is 0 Å². The van der Waals surface area contributed by atoms with Crippen molar-refractivity contribution in [2.24, 2.45) is 0 Å². The van der Waals surface area contributed by atoms with E-state index < -0.39 is 5.97 Å². The molecule has 0 amide bonds. The van der Waals surface area contributed by atoms with Crippen LogP contribution in [0.15, 0.2) is 59.1 Å². The summed E-state index contributed by atoms with van der Waals surface area (Å²) in [5.74, 6) is 0.520. The number of aromatic carboxylic acids is 1. The molecule has 4 rings (SSSR count). The fourth-order valence-corrected chi connectivity index (χ4v) is 3.90. The minimum Gasteiger partial charge on any atom is -0.478 e. The van der Waals surface area contributed by atoms with Gasteiger partial charge in [0.05, 0.1) is 11.8 Å². The Balaban J connectivity index is 1.42. The highest BCUT2D eigenvalue weighted by Gasteiger charge is 2.26. The van der Waals surface area contributed by atoms with Crippen molar-refractivity contribution in [3.63, 3.8) is 0 Å². The molecule has 1 fully saturated rings. The zero-order valence-electron chi connectivity index (χ0n) is 16.1. The van der Waals surface area contributed by atoms with E-state index in [4.69, 9.17) is 4.42 Å². The number of oxazole rings is 1. The Morgan fingerprint density at radius 1 is 1.21 bits per heavy atom. The Kier molecular flexibility index (Phi) is 5.71. The predicted molar refractivity (Wildman–Crippen MR) is 106 cm³/mol. The lowest BCUT2D eigenvalue weighted by atomic mass is 9.97. The molecule has 0 spiro atoms. The van der Waals surface area contributed by atoms with Gasteiger partial charge in [-0.15, -0.1) is 0 Å². The monoisotopic (exact) mass is 394 g/mol. The standard InChI is InChI=1S/C23H23FN2O3/c24-19-9-7-16(8-10-19)12-20-13-25-22(29-20)18-5-3-11-26(15-18)14-17-4-1-2-6-21(17)23(27)28/h1-2,4,6-10,13,18H,3,5,11-12,14-15H2,(H,27,28)/t18-/m0/s1. The van der Waals surface area contributed by atoms with Crippen molar-refractivity contribution in [2.45, 2.75) is 31.7 Å². The van der Waals surface area contributed by atoms with Crippen LogP contribution in [-0.2, 0) is 13.0 Å². The molecule has 3 aromatic rings. The maximum absolute atomic E-state index is 13.1. The van der Waals surface area contributed by atoms with Gasteiger partial charge >= 0.3 is 5.97 Å². The maximum atomic E-state index is 13.1. The Bertz CT molecular complexity index is 984. The third-order valence-electron chi connectivity index (χ3n) is 5.36. The molecule has 0 radical (unpaired) electrons. The molecule has 29 heavy (non-hydrogen) atoms. The van der Waals surface area contributed by atoms with Gasteiger partial charge in [-0.1, -0.05) is 30.3 Å². The first-order chi connectivity index (χ1) is 14.1. The van der Waals surface area contributed by atoms with Crippen molar-refractivity contribution in [2.75, 3.05) is 13.1 Å². The van der Waals surface area contributed by atoms with E-state index in [9.17, 15) is 14.3 Å². The van der Waals surface area contributed by atoms with Crippen molar-refractivity contribution in [1.82, 2.24) is 9.88 Å². The van der Waals surface area contributed by atoms with Crippen LogP contribution >= 0.6 is 0 Å². The van der Waals surface area contributed by atoms with Crippen LogP contribution in [0.4, 0.5) is 4.39 Å². The summed E-state index contributed by atoms with van der Waals surface area (Å²) in [5, 5.41) is 9.40. The second-order valence-electron chi connectivity index (χ2n) is 7.50. The van der Waals surface area contributed by atoms with Crippen LogP contribution in [0.3, 0.4) is 0 Å². The van der Waals surface area contributed by atoms with Gasteiger partial charge in [0, 0.05) is 25.4 Å². The molecule has 0 saturated carbocycles. The van der Waals surface area contributed by atoms with Crippen LogP contribution in [0.2, 0.25) is 0 Å². The second kappa shape index (κ2) is 8.57. The van der Waals surface area contributed by atoms with Gasteiger partial charge in [0.25, 0.3) is 0 Å². The average Bonchev–Trinajstić information content (AvgIpc) is 3.19. The molecule has 1 saturated heterocycles. The summed E-state index contributed by atoms with van der Waals surface area (Å²) in [5.41, 5.74) is 2.15. The van der Waals surface area contributed by atoms with Crippen molar-refractivity contribution < 1.29 is 18.7 Å². The molecule has 0 unspecified atom stereocenters. The number of aromatic nitrogens is 1. The van der Waals surface area contributed by atoms with Gasteiger partial charge in [-0.2, -0.15) is 0 Å². The largest absolute Gasteiger partial charge is 0.478 e. The highest BCUT2D eigenvalue weighted by atomic mass is 19.1. The summed E-state index contributed by atoms with van der Waals surface area (Å²) >= 11 is 0. The van der Waals surface area contributed by atoms with Crippen LogP contribution in [-0.4, -0.2) is 34.0 Å². The highest BCUT2D eigenvalue weighted by molar-refractivity contribution is 5.89. The van der Waals surface area contributed by atoms with Crippen molar-refractivity contribution in [3.05, 3.63) is 88.9 Å². The number of carbonyl (C=O) groups is 1. The Morgan fingerprint density at radius 3 is 2.79 bits per heavy atom. The summed E-state index contributed by atoms with van der Waals surface area (Å²) < 4.78 is 19.1. The topological polar surface area (TPSA) is 66.6 Å². The minimum atomic E-state index is -0.896. The Labute approximate surface area is 168 Å². The highest BCUT2D eigenvalue weighted by Crippen LogP contribution is 2.28. The summed E-state index contributed by atoms with van der Waals surface area (Å²) in [6.07, 6.45) is 4.33. The number of hydrogen-bond donors (Lipinski definition) is 1. The van der Waals surface area contributed by atoms with Crippen LogP contribution in [0.1, 0.15) is 51.9 Å². The molecule has 6 heteroatoms. The lowest BCUT2D eigenvalue weighted by Gasteiger charge is -2.31. The van der Waals surface area contributed by atoms with E-state index >= 15 is 0 Å². The molecule has 1 atom stereocenters. The van der Waals surface area contributed by atoms with Gasteiger partial charge in [0.15, 0.2) is 5.89 Å². The Morgan fingerprint density at radius 2 is 2.00 bits per heavy atom. The Hall–Kier alpha value is -2.99. The molecule has 1 aromatic heterocycles. The summed E-state index contributed by atoms with van der Waals surface area (Å²) in [6, 6.07) is 13.5. The zero-order valence-corrected chi connectivity index (χ0v) is 16.1. The van der Waals surface area contributed by atoms with Gasteiger partial charge < -0.3 is 9.52 Å². The van der Waals surface area contributed by atoms with Crippen LogP contribution in [0.5, 0.6) is 0 Å². The van der Waals surface area contributed by atoms with Gasteiger partial charge in [-0.05, 0) is 48.7 Å². The summed E-state index contributed by atoms with van der Waals surface area (Å²) in [6.45, 7) is 2.31. The SMILES string of the molecule is O=C(O)c1ccccc1CN1CCC[C@H](c2ncc(Cc3ccc(F)cc3)o2)C1. The smallest absolute Gasteiger partial charge is 0.336 e. The van der Waals surface area contributed by atoms with Gasteiger partial charge in [-0.3, -0.25) is 4.90 Å². The molecule has 0 aliphatic carbocycles. The number of nitrogens with zero attached hydrogens (tertiary/aromatic N) is 2. The molecule has 0 bridgehead atoms. The van der Waals surface area contributed by atoms with Crippen LogP contribution < -0.4 is 0 Å². The predicted octanol–water partition coefficient (Wildman–Crippen LogP) is 4.48. The number of benzene rings is 2. The maximum Gasteiger partial charge on any atom is 0.336 e. The molecular formula is C23H23FN2O3. The number of rotatable bonds is 6. The lowest BCUT2D eigenvalue weighted by molar-refractivity contribution is 0.0693. The lowest BCUT2D eigenvalue weighted by Crippen LogP contribution is -2.34. The van der Waals surface area contributed by atoms with Crippen molar-refractivity contribution >= 4 is 5.97 Å². The first-order valence-electron chi connectivity index (χ1n) is 9.81. The van der Waals surface area contributed by atoms with E-state index in [1.807, 2.05) is 12.1 Å². The molecule has 150 valence electrons. The van der Waals surface area contributed by atoms with E-state index in [1.165, 1.54) is 12.1 Å². The van der Waals surface area contributed by atoms with Gasteiger partial charge in [-0.25, -0.2) is 14.2 Å². The normalized spacial score (nSPS) is 17.3.